The topological polar surface area (TPSA) is 84.2 Å². The molecule has 5 nitrogen and oxygen atoms in total. The molecule has 0 rings (SSSR count). The number of rotatable bonds is 3. The highest BCUT2D eigenvalue weighted by atomic mass is 16.2. The lowest BCUT2D eigenvalue weighted by atomic mass is 10.2. The third kappa shape index (κ3) is 4.68. The zero-order chi connectivity index (χ0) is 9.56. The molecule has 0 aliphatic heterocycles. The van der Waals surface area contributed by atoms with Crippen LogP contribution in [0.15, 0.2) is 0 Å². The van der Waals surface area contributed by atoms with E-state index in [0.29, 0.717) is 0 Å². The summed E-state index contributed by atoms with van der Waals surface area (Å²) in [4.78, 5) is 21.7. The van der Waals surface area contributed by atoms with Crippen LogP contribution in [-0.4, -0.2) is 18.4 Å². The number of hydrogen-bond donors (Lipinski definition) is 3. The average Bonchev–Trinajstić information content (AvgIpc) is 2.00. The molecular formula is C7H15N3O2. The molecule has 0 aromatic rings. The summed E-state index contributed by atoms with van der Waals surface area (Å²) in [5.41, 5.74) is 9.64. The predicted octanol–water partition coefficient (Wildman–Crippen LogP) is -0.861. The SMILES string of the molecule is CC(C)C(=O)NNC(=O)CCN. The highest BCUT2D eigenvalue weighted by Gasteiger charge is 2.06. The Morgan fingerprint density at radius 3 is 2.33 bits per heavy atom. The lowest BCUT2D eigenvalue weighted by Gasteiger charge is -2.07. The van der Waals surface area contributed by atoms with Gasteiger partial charge in [0.25, 0.3) is 0 Å². The van der Waals surface area contributed by atoms with Crippen LogP contribution < -0.4 is 16.6 Å². The van der Waals surface area contributed by atoms with Crippen molar-refractivity contribution in [3.8, 4) is 0 Å². The number of nitrogens with two attached hydrogens (primary N) is 1. The molecule has 0 saturated carbocycles. The Balaban J connectivity index is 3.54. The third-order valence-corrected chi connectivity index (χ3v) is 1.22. The summed E-state index contributed by atoms with van der Waals surface area (Å²) in [7, 11) is 0. The van der Waals surface area contributed by atoms with Crippen molar-refractivity contribution in [3.63, 3.8) is 0 Å². The van der Waals surface area contributed by atoms with Gasteiger partial charge in [0.15, 0.2) is 0 Å². The Labute approximate surface area is 71.7 Å². The molecular weight excluding hydrogens is 158 g/mol. The summed E-state index contributed by atoms with van der Waals surface area (Å²) >= 11 is 0. The van der Waals surface area contributed by atoms with Gasteiger partial charge in [-0.15, -0.1) is 0 Å². The maximum Gasteiger partial charge on any atom is 0.240 e. The molecule has 0 spiro atoms. The first-order valence-electron chi connectivity index (χ1n) is 3.86. The minimum atomic E-state index is -0.272. The van der Waals surface area contributed by atoms with Crippen LogP contribution in [0.1, 0.15) is 20.3 Å². The fourth-order valence-electron chi connectivity index (χ4n) is 0.469. The number of amides is 2. The van der Waals surface area contributed by atoms with Crippen molar-refractivity contribution in [3.05, 3.63) is 0 Å². The molecule has 0 fully saturated rings. The van der Waals surface area contributed by atoms with E-state index in [1.54, 1.807) is 13.8 Å². The van der Waals surface area contributed by atoms with E-state index in [4.69, 9.17) is 5.73 Å². The molecule has 0 radical (unpaired) electrons. The van der Waals surface area contributed by atoms with Crippen molar-refractivity contribution < 1.29 is 9.59 Å². The van der Waals surface area contributed by atoms with Crippen LogP contribution >= 0.6 is 0 Å². The normalized spacial score (nSPS) is 9.67. The predicted molar refractivity (Wildman–Crippen MR) is 44.8 cm³/mol. The number of carbonyl (C=O) groups excluding carboxylic acids is 2. The maximum absolute atomic E-state index is 10.9. The fraction of sp³-hybridized carbons (Fsp3) is 0.714. The second kappa shape index (κ2) is 5.54. The Bertz CT molecular complexity index is 168. The van der Waals surface area contributed by atoms with Crippen LogP contribution in [0.4, 0.5) is 0 Å². The van der Waals surface area contributed by atoms with Gasteiger partial charge in [0.05, 0.1) is 0 Å². The minimum absolute atomic E-state index is 0.136. The van der Waals surface area contributed by atoms with Crippen molar-refractivity contribution in [2.75, 3.05) is 6.54 Å². The van der Waals surface area contributed by atoms with Crippen molar-refractivity contribution in [2.45, 2.75) is 20.3 Å². The molecule has 0 atom stereocenters. The van der Waals surface area contributed by atoms with E-state index in [1.165, 1.54) is 0 Å². The quantitative estimate of drug-likeness (QED) is 0.485. The summed E-state index contributed by atoms with van der Waals surface area (Å²) in [6, 6.07) is 0. The molecule has 5 heteroatoms. The van der Waals surface area contributed by atoms with E-state index in [9.17, 15) is 9.59 Å². The van der Waals surface area contributed by atoms with E-state index in [1.807, 2.05) is 0 Å². The van der Waals surface area contributed by atoms with Gasteiger partial charge in [-0.3, -0.25) is 20.4 Å². The summed E-state index contributed by atoms with van der Waals surface area (Å²) in [6.45, 7) is 3.76. The molecule has 0 heterocycles. The Kier molecular flexibility index (Phi) is 5.03. The summed E-state index contributed by atoms with van der Waals surface area (Å²) < 4.78 is 0. The molecule has 0 bridgehead atoms. The van der Waals surface area contributed by atoms with Crippen LogP contribution in [0.5, 0.6) is 0 Å². The number of hydrazine groups is 1. The maximum atomic E-state index is 10.9. The highest BCUT2D eigenvalue weighted by molar-refractivity contribution is 5.82. The largest absolute Gasteiger partial charge is 0.330 e. The molecule has 0 unspecified atom stereocenters. The molecule has 70 valence electrons. The molecule has 0 aromatic carbocycles. The number of nitrogens with one attached hydrogen (secondary N) is 2. The highest BCUT2D eigenvalue weighted by Crippen LogP contribution is 1.88. The van der Waals surface area contributed by atoms with Gasteiger partial charge in [0, 0.05) is 18.9 Å². The number of hydrogen-bond acceptors (Lipinski definition) is 3. The molecule has 0 aromatic heterocycles. The van der Waals surface area contributed by atoms with Crippen LogP contribution in [0, 0.1) is 5.92 Å². The first-order chi connectivity index (χ1) is 5.57. The standard InChI is InChI=1S/C7H15N3O2/c1-5(2)7(12)10-9-6(11)3-4-8/h5H,3-4,8H2,1-2H3,(H,9,11)(H,10,12). The van der Waals surface area contributed by atoms with Crippen molar-refractivity contribution in [1.29, 1.82) is 0 Å². The molecule has 0 aliphatic carbocycles. The van der Waals surface area contributed by atoms with E-state index in [2.05, 4.69) is 10.9 Å². The molecule has 2 amide bonds. The van der Waals surface area contributed by atoms with Crippen molar-refractivity contribution in [1.82, 2.24) is 10.9 Å². The van der Waals surface area contributed by atoms with Gasteiger partial charge in [-0.25, -0.2) is 0 Å². The second-order valence-corrected chi connectivity index (χ2v) is 2.73. The molecule has 0 aliphatic rings. The minimum Gasteiger partial charge on any atom is -0.330 e. The smallest absolute Gasteiger partial charge is 0.240 e. The van der Waals surface area contributed by atoms with E-state index in [-0.39, 0.29) is 30.7 Å². The van der Waals surface area contributed by atoms with Gasteiger partial charge in [-0.05, 0) is 0 Å². The molecule has 4 N–H and O–H groups in total. The van der Waals surface area contributed by atoms with Gasteiger partial charge in [0.2, 0.25) is 11.8 Å². The van der Waals surface area contributed by atoms with Crippen molar-refractivity contribution >= 4 is 11.8 Å². The zero-order valence-corrected chi connectivity index (χ0v) is 7.39. The molecule has 12 heavy (non-hydrogen) atoms. The first kappa shape index (κ1) is 10.9. The third-order valence-electron chi connectivity index (χ3n) is 1.22. The van der Waals surface area contributed by atoms with E-state index >= 15 is 0 Å². The Morgan fingerprint density at radius 1 is 1.33 bits per heavy atom. The summed E-state index contributed by atoms with van der Waals surface area (Å²) in [6.07, 6.45) is 0.221. The van der Waals surface area contributed by atoms with E-state index in [0.717, 1.165) is 0 Å². The monoisotopic (exact) mass is 173 g/mol. The number of carbonyl (C=O) groups is 2. The fourth-order valence-corrected chi connectivity index (χ4v) is 0.469. The van der Waals surface area contributed by atoms with Gasteiger partial charge >= 0.3 is 0 Å². The van der Waals surface area contributed by atoms with Crippen LogP contribution in [0.25, 0.3) is 0 Å². The first-order valence-corrected chi connectivity index (χ1v) is 3.86. The lowest BCUT2D eigenvalue weighted by Crippen LogP contribution is -2.44. The summed E-state index contributed by atoms with van der Waals surface area (Å²) in [5, 5.41) is 0. The van der Waals surface area contributed by atoms with Gasteiger partial charge in [-0.1, -0.05) is 13.8 Å². The zero-order valence-electron chi connectivity index (χ0n) is 7.39. The second-order valence-electron chi connectivity index (χ2n) is 2.73. The Hall–Kier alpha value is -1.10. The van der Waals surface area contributed by atoms with Gasteiger partial charge < -0.3 is 5.73 Å². The van der Waals surface area contributed by atoms with Crippen LogP contribution in [0.3, 0.4) is 0 Å². The summed E-state index contributed by atoms with van der Waals surface area (Å²) in [5.74, 6) is -0.616. The van der Waals surface area contributed by atoms with E-state index < -0.39 is 0 Å². The Morgan fingerprint density at radius 2 is 1.92 bits per heavy atom. The average molecular weight is 173 g/mol. The van der Waals surface area contributed by atoms with Crippen molar-refractivity contribution in [2.24, 2.45) is 11.7 Å². The van der Waals surface area contributed by atoms with Gasteiger partial charge in [0.1, 0.15) is 0 Å². The van der Waals surface area contributed by atoms with Gasteiger partial charge in [-0.2, -0.15) is 0 Å². The lowest BCUT2D eigenvalue weighted by molar-refractivity contribution is -0.130. The van der Waals surface area contributed by atoms with Crippen LogP contribution in [0.2, 0.25) is 0 Å². The molecule has 0 saturated heterocycles. The van der Waals surface area contributed by atoms with Crippen LogP contribution in [-0.2, 0) is 9.59 Å².